The predicted molar refractivity (Wildman–Crippen MR) is 73.1 cm³/mol. The monoisotopic (exact) mass is 328 g/mol. The number of carbonyl (C=O) groups excluding carboxylic acids is 2. The molecule has 0 heterocycles. The minimum atomic E-state index is -0.427. The maximum Gasteiger partial charge on any atom is 0.240 e. The van der Waals surface area contributed by atoms with Crippen LogP contribution in [0.4, 0.5) is 0 Å². The Morgan fingerprint density at radius 3 is 2.74 bits per heavy atom. The van der Waals surface area contributed by atoms with E-state index in [2.05, 4.69) is 26.5 Å². The van der Waals surface area contributed by atoms with E-state index in [9.17, 15) is 14.7 Å². The first-order chi connectivity index (χ1) is 9.02. The van der Waals surface area contributed by atoms with Crippen molar-refractivity contribution in [3.63, 3.8) is 0 Å². The number of hydrogen-bond donors (Lipinski definition) is 4. The summed E-state index contributed by atoms with van der Waals surface area (Å²) in [7, 11) is 0. The summed E-state index contributed by atoms with van der Waals surface area (Å²) in [4.78, 5) is 22.1. The van der Waals surface area contributed by atoms with Gasteiger partial charge in [-0.15, -0.1) is 0 Å². The Kier molecular flexibility index (Phi) is 5.97. The van der Waals surface area contributed by atoms with Gasteiger partial charge in [0, 0.05) is 22.9 Å². The van der Waals surface area contributed by atoms with E-state index in [1.807, 2.05) is 5.43 Å². The SMILES string of the molecule is NNC(=O)CCC(=O)N/N=C/c1cc(Br)ccc1O. The van der Waals surface area contributed by atoms with Crippen molar-refractivity contribution < 1.29 is 14.7 Å². The van der Waals surface area contributed by atoms with Gasteiger partial charge in [0.05, 0.1) is 6.21 Å². The van der Waals surface area contributed by atoms with Crippen molar-refractivity contribution in [2.24, 2.45) is 10.9 Å². The highest BCUT2D eigenvalue weighted by atomic mass is 79.9. The molecule has 8 heteroatoms. The van der Waals surface area contributed by atoms with Crippen LogP contribution in [0.1, 0.15) is 18.4 Å². The molecule has 0 aromatic heterocycles. The largest absolute Gasteiger partial charge is 0.507 e. The van der Waals surface area contributed by atoms with E-state index in [0.29, 0.717) is 5.56 Å². The molecule has 0 radical (unpaired) electrons. The summed E-state index contributed by atoms with van der Waals surface area (Å²) in [6, 6.07) is 4.82. The summed E-state index contributed by atoms with van der Waals surface area (Å²) in [5, 5.41) is 13.2. The third-order valence-electron chi connectivity index (χ3n) is 2.12. The first-order valence-electron chi connectivity index (χ1n) is 5.33. The third-order valence-corrected chi connectivity index (χ3v) is 2.62. The molecule has 5 N–H and O–H groups in total. The molecule has 19 heavy (non-hydrogen) atoms. The number of phenols is 1. The molecule has 0 fully saturated rings. The molecule has 0 saturated carbocycles. The number of nitrogens with two attached hydrogens (primary N) is 1. The third kappa shape index (κ3) is 5.49. The summed E-state index contributed by atoms with van der Waals surface area (Å²) in [6.45, 7) is 0. The van der Waals surface area contributed by atoms with E-state index >= 15 is 0 Å². The molecule has 0 bridgehead atoms. The van der Waals surface area contributed by atoms with E-state index < -0.39 is 11.8 Å². The fraction of sp³-hybridized carbons (Fsp3) is 0.182. The second-order valence-electron chi connectivity index (χ2n) is 3.56. The molecule has 0 saturated heterocycles. The lowest BCUT2D eigenvalue weighted by Crippen LogP contribution is -2.31. The Morgan fingerprint density at radius 2 is 2.05 bits per heavy atom. The number of benzene rings is 1. The number of carbonyl (C=O) groups is 2. The van der Waals surface area contributed by atoms with Crippen molar-refractivity contribution in [2.75, 3.05) is 0 Å². The van der Waals surface area contributed by atoms with Crippen molar-refractivity contribution in [2.45, 2.75) is 12.8 Å². The first-order valence-corrected chi connectivity index (χ1v) is 6.12. The number of hydrazone groups is 1. The summed E-state index contributed by atoms with van der Waals surface area (Å²) in [6.07, 6.45) is 1.27. The van der Waals surface area contributed by atoms with Crippen molar-refractivity contribution in [1.29, 1.82) is 0 Å². The van der Waals surface area contributed by atoms with Gasteiger partial charge < -0.3 is 5.11 Å². The lowest BCUT2D eigenvalue weighted by molar-refractivity contribution is -0.126. The fourth-order valence-electron chi connectivity index (χ4n) is 1.16. The first kappa shape index (κ1) is 15.1. The van der Waals surface area contributed by atoms with E-state index in [-0.39, 0.29) is 18.6 Å². The molecule has 0 atom stereocenters. The van der Waals surface area contributed by atoms with Gasteiger partial charge in [0.2, 0.25) is 11.8 Å². The van der Waals surface area contributed by atoms with Crippen LogP contribution in [0.25, 0.3) is 0 Å². The molecule has 7 nitrogen and oxygen atoms in total. The standard InChI is InChI=1S/C11H13BrN4O3/c12-8-1-2-9(17)7(5-8)6-14-16-11(19)4-3-10(18)15-13/h1-2,5-6,17H,3-4,13H2,(H,15,18)(H,16,19)/b14-6+. The van der Waals surface area contributed by atoms with Gasteiger partial charge in [-0.05, 0) is 18.2 Å². The molecule has 0 aliphatic heterocycles. The van der Waals surface area contributed by atoms with Gasteiger partial charge in [-0.2, -0.15) is 5.10 Å². The smallest absolute Gasteiger partial charge is 0.240 e. The Labute approximate surface area is 118 Å². The van der Waals surface area contributed by atoms with Gasteiger partial charge in [0.25, 0.3) is 0 Å². The van der Waals surface area contributed by atoms with E-state index in [1.54, 1.807) is 12.1 Å². The average Bonchev–Trinajstić information content (AvgIpc) is 2.40. The van der Waals surface area contributed by atoms with Gasteiger partial charge >= 0.3 is 0 Å². The molecule has 0 aliphatic rings. The van der Waals surface area contributed by atoms with E-state index in [0.717, 1.165) is 4.47 Å². The van der Waals surface area contributed by atoms with Crippen LogP contribution in [0, 0.1) is 0 Å². The lowest BCUT2D eigenvalue weighted by atomic mass is 10.2. The zero-order chi connectivity index (χ0) is 14.3. The van der Waals surface area contributed by atoms with Gasteiger partial charge in [0.1, 0.15) is 5.75 Å². The number of phenolic OH excluding ortho intramolecular Hbond substituents is 1. The van der Waals surface area contributed by atoms with Gasteiger partial charge in [0.15, 0.2) is 0 Å². The lowest BCUT2D eigenvalue weighted by Gasteiger charge is -2.01. The quantitative estimate of drug-likeness (QED) is 0.270. The summed E-state index contributed by atoms with van der Waals surface area (Å²) >= 11 is 3.25. The molecule has 1 aromatic rings. The van der Waals surface area contributed by atoms with Crippen LogP contribution in [0.5, 0.6) is 5.75 Å². The van der Waals surface area contributed by atoms with Crippen LogP contribution in [0.2, 0.25) is 0 Å². The second kappa shape index (κ2) is 7.49. The Balaban J connectivity index is 2.47. The maximum atomic E-state index is 11.3. The molecule has 0 aliphatic carbocycles. The fourth-order valence-corrected chi connectivity index (χ4v) is 1.54. The van der Waals surface area contributed by atoms with Crippen molar-refractivity contribution >= 4 is 34.0 Å². The molecule has 1 rings (SSSR count). The van der Waals surface area contributed by atoms with Gasteiger partial charge in [-0.1, -0.05) is 15.9 Å². The number of nitrogens with zero attached hydrogens (tertiary/aromatic N) is 1. The highest BCUT2D eigenvalue weighted by molar-refractivity contribution is 9.10. The molecule has 102 valence electrons. The number of hydrazine groups is 1. The summed E-state index contributed by atoms with van der Waals surface area (Å²) in [5.41, 5.74) is 4.61. The Morgan fingerprint density at radius 1 is 1.37 bits per heavy atom. The zero-order valence-electron chi connectivity index (χ0n) is 9.89. The van der Waals surface area contributed by atoms with Crippen molar-refractivity contribution in [3.8, 4) is 5.75 Å². The normalized spacial score (nSPS) is 10.4. The molecule has 2 amide bonds. The number of hydrogen-bond acceptors (Lipinski definition) is 5. The van der Waals surface area contributed by atoms with Crippen LogP contribution in [-0.2, 0) is 9.59 Å². The van der Waals surface area contributed by atoms with E-state index in [1.165, 1.54) is 12.3 Å². The van der Waals surface area contributed by atoms with Crippen molar-refractivity contribution in [3.05, 3.63) is 28.2 Å². The molecule has 0 unspecified atom stereocenters. The molecular weight excluding hydrogens is 316 g/mol. The van der Waals surface area contributed by atoms with Crippen LogP contribution >= 0.6 is 15.9 Å². The summed E-state index contributed by atoms with van der Waals surface area (Å²) < 4.78 is 0.776. The second-order valence-corrected chi connectivity index (χ2v) is 4.48. The van der Waals surface area contributed by atoms with E-state index in [4.69, 9.17) is 5.84 Å². The topological polar surface area (TPSA) is 117 Å². The molecule has 1 aromatic carbocycles. The van der Waals surface area contributed by atoms with Crippen LogP contribution in [-0.4, -0.2) is 23.1 Å². The van der Waals surface area contributed by atoms with Gasteiger partial charge in [-0.3, -0.25) is 15.0 Å². The highest BCUT2D eigenvalue weighted by Crippen LogP contribution is 2.19. The molecule has 0 spiro atoms. The van der Waals surface area contributed by atoms with Crippen LogP contribution in [0.15, 0.2) is 27.8 Å². The highest BCUT2D eigenvalue weighted by Gasteiger charge is 2.04. The van der Waals surface area contributed by atoms with Crippen molar-refractivity contribution in [1.82, 2.24) is 10.9 Å². The number of nitrogens with one attached hydrogen (secondary N) is 2. The predicted octanol–water partition coefficient (Wildman–Crippen LogP) is 0.375. The average molecular weight is 329 g/mol. The number of rotatable bonds is 5. The Bertz CT molecular complexity index is 505. The number of halogens is 1. The maximum absolute atomic E-state index is 11.3. The minimum Gasteiger partial charge on any atom is -0.507 e. The number of aromatic hydroxyl groups is 1. The Hall–Kier alpha value is -1.93. The minimum absolute atomic E-state index is 0.0139. The van der Waals surface area contributed by atoms with Crippen LogP contribution in [0.3, 0.4) is 0 Å². The van der Waals surface area contributed by atoms with Gasteiger partial charge in [-0.25, -0.2) is 11.3 Å². The summed E-state index contributed by atoms with van der Waals surface area (Å²) in [5.74, 6) is 4.07. The zero-order valence-corrected chi connectivity index (χ0v) is 11.5. The molecular formula is C11H13BrN4O3. The number of amides is 2. The van der Waals surface area contributed by atoms with Crippen LogP contribution < -0.4 is 16.7 Å².